The number of aliphatic hydroxyl groups is 1. The number of ketones is 1. The largest absolute Gasteiger partial charge is 0.503 e. The third-order valence-electron chi connectivity index (χ3n) is 6.24. The van der Waals surface area contributed by atoms with Gasteiger partial charge in [0.15, 0.2) is 16.7 Å². The number of benzene rings is 2. The average molecular weight is 579 g/mol. The number of nitrogens with zero attached hydrogens (tertiary/aromatic N) is 2. The van der Waals surface area contributed by atoms with E-state index in [1.807, 2.05) is 41.8 Å². The van der Waals surface area contributed by atoms with Crippen molar-refractivity contribution in [3.63, 3.8) is 0 Å². The lowest BCUT2D eigenvalue weighted by Gasteiger charge is -2.22. The molecule has 4 heterocycles. The molecule has 3 aromatic heterocycles. The minimum absolute atomic E-state index is 0.0114. The number of anilines is 1. The van der Waals surface area contributed by atoms with Gasteiger partial charge in [-0.25, -0.2) is 4.98 Å². The normalized spacial score (nSPS) is 16.3. The van der Waals surface area contributed by atoms with E-state index in [9.17, 15) is 14.7 Å². The predicted octanol–water partition coefficient (Wildman–Crippen LogP) is 7.77. The van der Waals surface area contributed by atoms with Crippen LogP contribution in [0.25, 0.3) is 21.2 Å². The zero-order valence-electron chi connectivity index (χ0n) is 19.2. The fraction of sp³-hybridized carbons (Fsp3) is 0.148. The van der Waals surface area contributed by atoms with Gasteiger partial charge in [0, 0.05) is 14.7 Å². The van der Waals surface area contributed by atoms with Gasteiger partial charge in [-0.1, -0.05) is 53.2 Å². The number of carbonyl (C=O) groups excluding carboxylic acids is 2. The van der Waals surface area contributed by atoms with Crippen molar-refractivity contribution in [3.8, 4) is 0 Å². The molecule has 9 heteroatoms. The maximum atomic E-state index is 13.7. The van der Waals surface area contributed by atoms with E-state index in [4.69, 9.17) is 9.40 Å². The van der Waals surface area contributed by atoms with Gasteiger partial charge in [0.05, 0.1) is 15.8 Å². The number of hydrogen-bond acceptors (Lipinski definition) is 7. The van der Waals surface area contributed by atoms with Crippen LogP contribution in [0.3, 0.4) is 0 Å². The third-order valence-corrected chi connectivity index (χ3v) is 8.68. The van der Waals surface area contributed by atoms with Crippen molar-refractivity contribution in [2.24, 2.45) is 0 Å². The Morgan fingerprint density at radius 3 is 2.75 bits per heavy atom. The number of rotatable bonds is 5. The van der Waals surface area contributed by atoms with Gasteiger partial charge in [-0.15, -0.1) is 11.3 Å². The molecule has 1 N–H and O–H groups in total. The van der Waals surface area contributed by atoms with Gasteiger partial charge >= 0.3 is 0 Å². The van der Waals surface area contributed by atoms with E-state index in [1.165, 1.54) is 33.1 Å². The molecule has 0 radical (unpaired) electrons. The first-order valence-corrected chi connectivity index (χ1v) is 13.7. The minimum atomic E-state index is -0.810. The lowest BCUT2D eigenvalue weighted by atomic mass is 10.0. The Balaban J connectivity index is 1.47. The zero-order chi connectivity index (χ0) is 25.1. The summed E-state index contributed by atoms with van der Waals surface area (Å²) in [6.45, 7) is 4.24. The van der Waals surface area contributed by atoms with Crippen molar-refractivity contribution >= 4 is 76.6 Å². The molecule has 6 rings (SSSR count). The smallest absolute Gasteiger partial charge is 0.296 e. The first kappa shape index (κ1) is 23.1. The number of fused-ring (bicyclic) bond motifs is 2. The summed E-state index contributed by atoms with van der Waals surface area (Å²) in [4.78, 5) is 34.0. The Kier molecular flexibility index (Phi) is 5.59. The second-order valence-electron chi connectivity index (χ2n) is 8.86. The SMILES string of the molecule is CC(C)c1ccc2nc(N3C(=O)C(O)=C(C(=O)c4cc5cc(Br)ccc5o4)C3c3cccs3)sc2c1. The van der Waals surface area contributed by atoms with E-state index in [2.05, 4.69) is 35.8 Å². The molecule has 2 aromatic carbocycles. The highest BCUT2D eigenvalue weighted by Gasteiger charge is 2.47. The van der Waals surface area contributed by atoms with Gasteiger partial charge in [0.1, 0.15) is 11.6 Å². The van der Waals surface area contributed by atoms with E-state index < -0.39 is 23.5 Å². The Labute approximate surface area is 222 Å². The third kappa shape index (κ3) is 3.70. The van der Waals surface area contributed by atoms with Gasteiger partial charge in [-0.2, -0.15) is 0 Å². The molecule has 6 nitrogen and oxygen atoms in total. The molecule has 1 amide bonds. The monoisotopic (exact) mass is 578 g/mol. The maximum Gasteiger partial charge on any atom is 0.296 e. The summed E-state index contributed by atoms with van der Waals surface area (Å²) in [5.74, 6) is -1.35. The molecular weight excluding hydrogens is 560 g/mol. The van der Waals surface area contributed by atoms with Crippen LogP contribution in [0.15, 0.2) is 80.2 Å². The molecule has 0 bridgehead atoms. The van der Waals surface area contributed by atoms with Gasteiger partial charge in [-0.05, 0) is 59.3 Å². The molecule has 180 valence electrons. The molecule has 0 spiro atoms. The quantitative estimate of drug-likeness (QED) is 0.215. The number of amides is 1. The lowest BCUT2D eigenvalue weighted by molar-refractivity contribution is -0.117. The highest BCUT2D eigenvalue weighted by Crippen LogP contribution is 2.45. The number of carbonyl (C=O) groups is 2. The second kappa shape index (κ2) is 8.69. The summed E-state index contributed by atoms with van der Waals surface area (Å²) >= 11 is 6.20. The van der Waals surface area contributed by atoms with Crippen LogP contribution in [0.1, 0.15) is 46.8 Å². The average Bonchev–Trinajstić information content (AvgIpc) is 3.63. The van der Waals surface area contributed by atoms with Crippen LogP contribution < -0.4 is 4.90 Å². The van der Waals surface area contributed by atoms with Crippen LogP contribution in [0.5, 0.6) is 0 Å². The van der Waals surface area contributed by atoms with Crippen LogP contribution in [-0.2, 0) is 4.79 Å². The Morgan fingerprint density at radius 1 is 1.17 bits per heavy atom. The molecule has 5 aromatic rings. The van der Waals surface area contributed by atoms with Crippen molar-refractivity contribution in [1.82, 2.24) is 4.98 Å². The minimum Gasteiger partial charge on any atom is -0.503 e. The molecule has 1 aliphatic heterocycles. The Morgan fingerprint density at radius 2 is 2.00 bits per heavy atom. The van der Waals surface area contributed by atoms with Gasteiger partial charge in [0.2, 0.25) is 5.78 Å². The number of Topliss-reactive ketones (excluding diaryl/α,β-unsaturated/α-hetero) is 1. The van der Waals surface area contributed by atoms with E-state index in [0.29, 0.717) is 16.6 Å². The molecule has 1 aliphatic rings. The van der Waals surface area contributed by atoms with Crippen LogP contribution in [-0.4, -0.2) is 21.8 Å². The molecule has 0 aliphatic carbocycles. The standard InChI is InChI=1S/C27H19BrN2O4S2/c1-13(2)14-5-7-17-21(12-14)36-27(29-17)30-23(20-4-3-9-35-20)22(25(32)26(30)33)24(31)19-11-15-10-16(28)6-8-18(15)34-19/h3-13,23,32H,1-2H3. The predicted molar refractivity (Wildman–Crippen MR) is 146 cm³/mol. The number of halogens is 1. The highest BCUT2D eigenvalue weighted by atomic mass is 79.9. The first-order valence-electron chi connectivity index (χ1n) is 11.3. The summed E-state index contributed by atoms with van der Waals surface area (Å²) in [5.41, 5.74) is 2.47. The molecule has 36 heavy (non-hydrogen) atoms. The Bertz CT molecular complexity index is 1700. The number of thiophene rings is 1. The summed E-state index contributed by atoms with van der Waals surface area (Å²) < 4.78 is 7.61. The first-order chi connectivity index (χ1) is 17.3. The maximum absolute atomic E-state index is 13.7. The fourth-order valence-electron chi connectivity index (χ4n) is 4.40. The van der Waals surface area contributed by atoms with Crippen molar-refractivity contribution in [1.29, 1.82) is 0 Å². The lowest BCUT2D eigenvalue weighted by Crippen LogP contribution is -2.30. The summed E-state index contributed by atoms with van der Waals surface area (Å²) in [6.07, 6.45) is 0. The number of aromatic nitrogens is 1. The summed E-state index contributed by atoms with van der Waals surface area (Å²) in [6, 6.07) is 16.0. The number of furan rings is 1. The topological polar surface area (TPSA) is 83.6 Å². The molecular formula is C27H19BrN2O4S2. The number of aliphatic hydroxyl groups excluding tert-OH is 1. The van der Waals surface area contributed by atoms with Crippen molar-refractivity contribution in [2.75, 3.05) is 4.90 Å². The van der Waals surface area contributed by atoms with Crippen molar-refractivity contribution in [3.05, 3.63) is 92.0 Å². The number of hydrogen-bond donors (Lipinski definition) is 1. The number of thiazole rings is 1. The zero-order valence-corrected chi connectivity index (χ0v) is 22.4. The van der Waals surface area contributed by atoms with Gasteiger partial charge in [0.25, 0.3) is 5.91 Å². The summed E-state index contributed by atoms with van der Waals surface area (Å²) in [5, 5.41) is 14.0. The van der Waals surface area contributed by atoms with Crippen molar-refractivity contribution in [2.45, 2.75) is 25.8 Å². The fourth-order valence-corrected chi connectivity index (χ4v) is 6.64. The van der Waals surface area contributed by atoms with Gasteiger partial charge in [-0.3, -0.25) is 14.5 Å². The van der Waals surface area contributed by atoms with E-state index in [1.54, 1.807) is 12.1 Å². The molecule has 1 atom stereocenters. The highest BCUT2D eigenvalue weighted by molar-refractivity contribution is 9.10. The second-order valence-corrected chi connectivity index (χ2v) is 11.8. The van der Waals surface area contributed by atoms with E-state index in [-0.39, 0.29) is 11.3 Å². The van der Waals surface area contributed by atoms with Crippen LogP contribution >= 0.6 is 38.6 Å². The van der Waals surface area contributed by atoms with Crippen LogP contribution in [0.4, 0.5) is 5.13 Å². The van der Waals surface area contributed by atoms with E-state index >= 15 is 0 Å². The van der Waals surface area contributed by atoms with Crippen LogP contribution in [0, 0.1) is 0 Å². The molecule has 0 saturated heterocycles. The molecule has 1 unspecified atom stereocenters. The molecule has 0 saturated carbocycles. The Hall–Kier alpha value is -3.27. The van der Waals surface area contributed by atoms with Gasteiger partial charge < -0.3 is 9.52 Å². The molecule has 0 fully saturated rings. The van der Waals surface area contributed by atoms with Crippen molar-refractivity contribution < 1.29 is 19.1 Å². The van der Waals surface area contributed by atoms with Crippen LogP contribution in [0.2, 0.25) is 0 Å². The van der Waals surface area contributed by atoms with E-state index in [0.717, 1.165) is 25.0 Å². The summed E-state index contributed by atoms with van der Waals surface area (Å²) in [7, 11) is 0.